The number of ether oxygens (including phenoxy) is 1. The van der Waals surface area contributed by atoms with Crippen LogP contribution in [0.5, 0.6) is 0 Å². The molecule has 194 valence electrons. The number of methoxy groups -OCH3 is 1. The number of halogens is 1. The monoisotopic (exact) mass is 508 g/mol. The average molecular weight is 509 g/mol. The molecule has 0 N–H and O–H groups in total. The van der Waals surface area contributed by atoms with E-state index in [9.17, 15) is 9.65 Å². The normalized spacial score (nSPS) is 18.3. The molecule has 3 heterocycles. The van der Waals surface area contributed by atoms with E-state index in [2.05, 4.69) is 58.6 Å². The number of likely N-dealkylation sites (tertiary alicyclic amines) is 1. The van der Waals surface area contributed by atoms with Crippen molar-refractivity contribution in [2.45, 2.75) is 32.2 Å². The number of nitriles is 1. The standard InChI is InChI=1S/C32H33FN4O/c1-3-28(38-2)13-12-24-8-4-7-11-30(29-10-6-5-9-26(29)18-34)32(24)25-14-15-37-22-27(35-31(37)16-25)21-36-19-23(17-33)20-36/h3,5-6,9-10,12-16,22-23H,1,4,7-8,11,17,19-21H2,2H3/b24-12+,28-13+. The minimum Gasteiger partial charge on any atom is -0.497 e. The molecule has 0 unspecified atom stereocenters. The second kappa shape index (κ2) is 11.6. The topological polar surface area (TPSA) is 53.6 Å². The molecule has 6 heteroatoms. The van der Waals surface area contributed by atoms with E-state index >= 15 is 0 Å². The number of alkyl halides is 1. The number of allylic oxidation sites excluding steroid dienone is 6. The summed E-state index contributed by atoms with van der Waals surface area (Å²) < 4.78 is 20.3. The van der Waals surface area contributed by atoms with Gasteiger partial charge in [-0.05, 0) is 83.9 Å². The number of pyridine rings is 1. The smallest absolute Gasteiger partial charge is 0.137 e. The van der Waals surface area contributed by atoms with Crippen molar-refractivity contribution in [3.63, 3.8) is 0 Å². The second-order valence-corrected chi connectivity index (χ2v) is 10.0. The van der Waals surface area contributed by atoms with Gasteiger partial charge >= 0.3 is 0 Å². The Morgan fingerprint density at radius 1 is 1.24 bits per heavy atom. The van der Waals surface area contributed by atoms with E-state index in [0.29, 0.717) is 11.3 Å². The Morgan fingerprint density at radius 3 is 2.82 bits per heavy atom. The molecule has 3 aromatic rings. The highest BCUT2D eigenvalue weighted by molar-refractivity contribution is 6.00. The molecule has 5 nitrogen and oxygen atoms in total. The minimum atomic E-state index is -0.249. The van der Waals surface area contributed by atoms with Crippen molar-refractivity contribution in [3.05, 3.63) is 107 Å². The molecule has 5 rings (SSSR count). The highest BCUT2D eigenvalue weighted by Gasteiger charge is 2.27. The van der Waals surface area contributed by atoms with Crippen LogP contribution in [0, 0.1) is 17.2 Å². The minimum absolute atomic E-state index is 0.162. The highest BCUT2D eigenvalue weighted by atomic mass is 19.1. The van der Waals surface area contributed by atoms with Crippen LogP contribution in [0.25, 0.3) is 16.8 Å². The zero-order valence-corrected chi connectivity index (χ0v) is 21.9. The molecule has 0 radical (unpaired) electrons. The summed E-state index contributed by atoms with van der Waals surface area (Å²) in [5.74, 6) is 0.865. The van der Waals surface area contributed by atoms with Crippen molar-refractivity contribution < 1.29 is 9.13 Å². The largest absolute Gasteiger partial charge is 0.497 e. The highest BCUT2D eigenvalue weighted by Crippen LogP contribution is 2.41. The van der Waals surface area contributed by atoms with Crippen molar-refractivity contribution >= 4 is 16.8 Å². The maximum Gasteiger partial charge on any atom is 0.137 e. The number of hydrogen-bond acceptors (Lipinski definition) is 4. The van der Waals surface area contributed by atoms with E-state index in [1.165, 1.54) is 11.1 Å². The lowest BCUT2D eigenvalue weighted by atomic mass is 9.87. The van der Waals surface area contributed by atoms with Crippen LogP contribution in [0.2, 0.25) is 0 Å². The van der Waals surface area contributed by atoms with Crippen LogP contribution < -0.4 is 0 Å². The summed E-state index contributed by atoms with van der Waals surface area (Å²) in [7, 11) is 1.65. The number of nitrogens with zero attached hydrogens (tertiary/aromatic N) is 4. The van der Waals surface area contributed by atoms with Gasteiger partial charge < -0.3 is 9.14 Å². The maximum absolute atomic E-state index is 12.9. The number of hydrogen-bond donors (Lipinski definition) is 0. The van der Waals surface area contributed by atoms with Crippen molar-refractivity contribution in [3.8, 4) is 6.07 Å². The lowest BCUT2D eigenvalue weighted by Crippen LogP contribution is -2.46. The van der Waals surface area contributed by atoms with Gasteiger partial charge in [0.1, 0.15) is 11.4 Å². The summed E-state index contributed by atoms with van der Waals surface area (Å²) in [6, 6.07) is 14.5. The molecule has 2 aliphatic rings. The van der Waals surface area contributed by atoms with Gasteiger partial charge in [-0.15, -0.1) is 0 Å². The van der Waals surface area contributed by atoms with Crippen LogP contribution in [-0.4, -0.2) is 41.2 Å². The van der Waals surface area contributed by atoms with Crippen molar-refractivity contribution in [1.82, 2.24) is 14.3 Å². The van der Waals surface area contributed by atoms with Crippen LogP contribution >= 0.6 is 0 Å². The van der Waals surface area contributed by atoms with E-state index < -0.39 is 0 Å². The number of rotatable bonds is 8. The molecule has 2 aromatic heterocycles. The number of fused-ring (bicyclic) bond motifs is 1. The van der Waals surface area contributed by atoms with Gasteiger partial charge in [-0.25, -0.2) is 4.98 Å². The Bertz CT molecular complexity index is 1470. The predicted octanol–water partition coefficient (Wildman–Crippen LogP) is 6.73. The lowest BCUT2D eigenvalue weighted by molar-refractivity contribution is 0.0727. The van der Waals surface area contributed by atoms with Crippen LogP contribution in [0.15, 0.2) is 84.9 Å². The molecule has 0 atom stereocenters. The van der Waals surface area contributed by atoms with E-state index in [4.69, 9.17) is 9.72 Å². The zero-order valence-electron chi connectivity index (χ0n) is 21.9. The molecule has 0 saturated carbocycles. The molecule has 1 aliphatic heterocycles. The average Bonchev–Trinajstić information content (AvgIpc) is 3.21. The van der Waals surface area contributed by atoms with E-state index in [-0.39, 0.29) is 12.6 Å². The summed E-state index contributed by atoms with van der Waals surface area (Å²) in [5.41, 5.74) is 8.16. The fourth-order valence-corrected chi connectivity index (χ4v) is 5.50. The van der Waals surface area contributed by atoms with E-state index in [1.807, 2.05) is 24.3 Å². The third kappa shape index (κ3) is 5.34. The van der Waals surface area contributed by atoms with E-state index in [0.717, 1.165) is 73.4 Å². The summed E-state index contributed by atoms with van der Waals surface area (Å²) in [6.07, 6.45) is 13.8. The molecule has 1 aromatic carbocycles. The second-order valence-electron chi connectivity index (χ2n) is 10.0. The van der Waals surface area contributed by atoms with Gasteiger partial charge in [-0.1, -0.05) is 30.9 Å². The molecule has 1 saturated heterocycles. The third-order valence-electron chi connectivity index (χ3n) is 7.44. The van der Waals surface area contributed by atoms with Gasteiger partial charge in [-0.3, -0.25) is 9.29 Å². The number of imidazole rings is 1. The van der Waals surface area contributed by atoms with Crippen molar-refractivity contribution in [2.24, 2.45) is 5.92 Å². The van der Waals surface area contributed by atoms with E-state index in [1.54, 1.807) is 13.2 Å². The Kier molecular flexibility index (Phi) is 7.86. The van der Waals surface area contributed by atoms with Crippen LogP contribution in [-0.2, 0) is 11.3 Å². The maximum atomic E-state index is 12.9. The fraction of sp³-hybridized carbons (Fsp3) is 0.312. The Balaban J connectivity index is 1.62. The third-order valence-corrected chi connectivity index (χ3v) is 7.44. The molecule has 1 aliphatic carbocycles. The van der Waals surface area contributed by atoms with Crippen molar-refractivity contribution in [2.75, 3.05) is 26.9 Å². The lowest BCUT2D eigenvalue weighted by Gasteiger charge is -2.37. The fourth-order valence-electron chi connectivity index (χ4n) is 5.50. The summed E-state index contributed by atoms with van der Waals surface area (Å²) in [6.45, 7) is 5.91. The van der Waals surface area contributed by atoms with Crippen LogP contribution in [0.4, 0.5) is 4.39 Å². The number of aromatic nitrogens is 2. The molecule has 0 bridgehead atoms. The van der Waals surface area contributed by atoms with Gasteiger partial charge in [0.15, 0.2) is 0 Å². The zero-order chi connectivity index (χ0) is 26.5. The van der Waals surface area contributed by atoms with Gasteiger partial charge in [0.25, 0.3) is 0 Å². The van der Waals surface area contributed by atoms with Crippen LogP contribution in [0.3, 0.4) is 0 Å². The molecule has 1 fully saturated rings. The Hall–Kier alpha value is -3.95. The first-order valence-corrected chi connectivity index (χ1v) is 13.2. The van der Waals surface area contributed by atoms with Gasteiger partial charge in [0.05, 0.1) is 31.1 Å². The molecular weight excluding hydrogens is 475 g/mol. The van der Waals surface area contributed by atoms with Gasteiger partial charge in [-0.2, -0.15) is 5.26 Å². The first kappa shape index (κ1) is 25.7. The summed E-state index contributed by atoms with van der Waals surface area (Å²) >= 11 is 0. The predicted molar refractivity (Wildman–Crippen MR) is 150 cm³/mol. The van der Waals surface area contributed by atoms with Gasteiger partial charge in [0.2, 0.25) is 0 Å². The Labute approximate surface area is 223 Å². The molecule has 0 spiro atoms. The van der Waals surface area contributed by atoms with Crippen LogP contribution in [0.1, 0.15) is 48.1 Å². The molecule has 38 heavy (non-hydrogen) atoms. The van der Waals surface area contributed by atoms with Gasteiger partial charge in [0, 0.05) is 37.9 Å². The quantitative estimate of drug-likeness (QED) is 0.250. The Morgan fingerprint density at radius 2 is 2.05 bits per heavy atom. The first-order valence-electron chi connectivity index (χ1n) is 13.2. The molecule has 0 amide bonds. The van der Waals surface area contributed by atoms with Crippen molar-refractivity contribution in [1.29, 1.82) is 5.26 Å². The SMILES string of the molecule is C=C/C(=C\C=C1/CCCCC(c2ccccc2C#N)=C1c1ccn2cc(CN3CC(CF)C3)nc2c1)OC. The number of benzene rings is 1. The first-order chi connectivity index (χ1) is 18.6. The molecular formula is C32H33FN4O. The summed E-state index contributed by atoms with van der Waals surface area (Å²) in [5, 5.41) is 9.89. The summed E-state index contributed by atoms with van der Waals surface area (Å²) in [4.78, 5) is 7.14.